The zero-order chi connectivity index (χ0) is 21.2. The molecular formula is C23H20N2O4. The van der Waals surface area contributed by atoms with Crippen molar-refractivity contribution in [2.45, 2.75) is 0 Å². The normalized spacial score (nSPS) is 10.1. The average Bonchev–Trinajstić information content (AvgIpc) is 2.72. The zero-order valence-corrected chi connectivity index (χ0v) is 15.5. The van der Waals surface area contributed by atoms with Crippen LogP contribution < -0.4 is 11.5 Å². The summed E-state index contributed by atoms with van der Waals surface area (Å²) in [5.41, 5.74) is 13.4. The SMILES string of the molecule is Nc1cc(N)cc(C(=O)C(=O)c2ccccc2)c1.O=C(O)/C=C/c1ccccc1. The largest absolute Gasteiger partial charge is 0.478 e. The van der Waals surface area contributed by atoms with Gasteiger partial charge in [0, 0.05) is 28.6 Å². The lowest BCUT2D eigenvalue weighted by Crippen LogP contribution is -2.15. The molecule has 0 saturated heterocycles. The second kappa shape index (κ2) is 10.2. The first-order valence-corrected chi connectivity index (χ1v) is 8.63. The van der Waals surface area contributed by atoms with E-state index in [2.05, 4.69) is 0 Å². The summed E-state index contributed by atoms with van der Waals surface area (Å²) in [5.74, 6) is -2.10. The van der Waals surface area contributed by atoms with E-state index in [0.717, 1.165) is 11.6 Å². The van der Waals surface area contributed by atoms with Crippen molar-refractivity contribution < 1.29 is 19.5 Å². The summed E-state index contributed by atoms with van der Waals surface area (Å²) >= 11 is 0. The first-order valence-electron chi connectivity index (χ1n) is 8.63. The molecular weight excluding hydrogens is 368 g/mol. The van der Waals surface area contributed by atoms with Crippen LogP contribution in [0.5, 0.6) is 0 Å². The number of hydrogen-bond donors (Lipinski definition) is 3. The molecule has 3 aromatic rings. The van der Waals surface area contributed by atoms with Crippen molar-refractivity contribution in [1.82, 2.24) is 0 Å². The monoisotopic (exact) mass is 388 g/mol. The van der Waals surface area contributed by atoms with E-state index in [9.17, 15) is 14.4 Å². The number of rotatable bonds is 5. The summed E-state index contributed by atoms with van der Waals surface area (Å²) in [6.07, 6.45) is 2.68. The number of ketones is 2. The third-order valence-corrected chi connectivity index (χ3v) is 3.70. The Labute approximate surface area is 168 Å². The molecule has 0 amide bonds. The van der Waals surface area contributed by atoms with Gasteiger partial charge in [0.25, 0.3) is 0 Å². The van der Waals surface area contributed by atoms with Crippen LogP contribution in [0.4, 0.5) is 11.4 Å². The first-order chi connectivity index (χ1) is 13.9. The minimum Gasteiger partial charge on any atom is -0.478 e. The van der Waals surface area contributed by atoms with Crippen LogP contribution >= 0.6 is 0 Å². The molecule has 0 atom stereocenters. The van der Waals surface area contributed by atoms with Gasteiger partial charge in [-0.3, -0.25) is 9.59 Å². The highest BCUT2D eigenvalue weighted by atomic mass is 16.4. The number of nitrogens with two attached hydrogens (primary N) is 2. The fourth-order valence-corrected chi connectivity index (χ4v) is 2.39. The number of aliphatic carboxylic acids is 1. The number of carbonyl (C=O) groups is 3. The van der Waals surface area contributed by atoms with E-state index in [1.807, 2.05) is 30.3 Å². The Morgan fingerprint density at radius 1 is 0.690 bits per heavy atom. The molecule has 0 saturated carbocycles. The fraction of sp³-hybridized carbons (Fsp3) is 0. The molecule has 0 heterocycles. The van der Waals surface area contributed by atoms with E-state index in [-0.39, 0.29) is 5.56 Å². The quantitative estimate of drug-likeness (QED) is 0.265. The summed E-state index contributed by atoms with van der Waals surface area (Å²) in [6, 6.07) is 22.1. The van der Waals surface area contributed by atoms with Gasteiger partial charge in [0.1, 0.15) is 0 Å². The lowest BCUT2D eigenvalue weighted by Gasteiger charge is -2.03. The van der Waals surface area contributed by atoms with Crippen molar-refractivity contribution in [3.63, 3.8) is 0 Å². The number of benzene rings is 3. The van der Waals surface area contributed by atoms with Gasteiger partial charge in [0.15, 0.2) is 0 Å². The molecule has 3 aromatic carbocycles. The second-order valence-electron chi connectivity index (χ2n) is 5.99. The summed E-state index contributed by atoms with van der Waals surface area (Å²) in [5, 5.41) is 8.29. The van der Waals surface area contributed by atoms with Gasteiger partial charge in [0.2, 0.25) is 11.6 Å². The third kappa shape index (κ3) is 6.80. The molecule has 0 aromatic heterocycles. The van der Waals surface area contributed by atoms with Crippen LogP contribution in [0.25, 0.3) is 6.08 Å². The predicted molar refractivity (Wildman–Crippen MR) is 113 cm³/mol. The standard InChI is InChI=1S/C14H12N2O2.C9H8O2/c15-11-6-10(7-12(16)8-11)14(18)13(17)9-4-2-1-3-5-9;10-9(11)7-6-8-4-2-1-3-5-8/h1-8H,15-16H2;1-7H,(H,10,11)/b;7-6+. The smallest absolute Gasteiger partial charge is 0.328 e. The van der Waals surface area contributed by atoms with Gasteiger partial charge < -0.3 is 16.6 Å². The Hall–Kier alpha value is -4.19. The van der Waals surface area contributed by atoms with E-state index in [1.54, 1.807) is 36.4 Å². The van der Waals surface area contributed by atoms with Gasteiger partial charge in [-0.15, -0.1) is 0 Å². The molecule has 6 nitrogen and oxygen atoms in total. The number of anilines is 2. The Morgan fingerprint density at radius 2 is 1.17 bits per heavy atom. The van der Waals surface area contributed by atoms with E-state index in [1.165, 1.54) is 18.2 Å². The van der Waals surface area contributed by atoms with E-state index >= 15 is 0 Å². The predicted octanol–water partition coefficient (Wildman–Crippen LogP) is 3.70. The summed E-state index contributed by atoms with van der Waals surface area (Å²) in [7, 11) is 0. The van der Waals surface area contributed by atoms with Crippen LogP contribution in [-0.4, -0.2) is 22.6 Å². The Balaban J connectivity index is 0.000000234. The van der Waals surface area contributed by atoms with Gasteiger partial charge in [-0.2, -0.15) is 0 Å². The summed E-state index contributed by atoms with van der Waals surface area (Å²) in [6.45, 7) is 0. The van der Waals surface area contributed by atoms with Crippen molar-refractivity contribution in [3.8, 4) is 0 Å². The summed E-state index contributed by atoms with van der Waals surface area (Å²) in [4.78, 5) is 34.0. The van der Waals surface area contributed by atoms with Crippen LogP contribution in [0.3, 0.4) is 0 Å². The number of carboxylic acids is 1. The maximum Gasteiger partial charge on any atom is 0.328 e. The van der Waals surface area contributed by atoms with Crippen molar-refractivity contribution in [1.29, 1.82) is 0 Å². The van der Waals surface area contributed by atoms with Gasteiger partial charge in [-0.1, -0.05) is 60.7 Å². The lowest BCUT2D eigenvalue weighted by molar-refractivity contribution is -0.131. The number of carboxylic acid groups (broad SMARTS) is 1. The van der Waals surface area contributed by atoms with Gasteiger partial charge >= 0.3 is 5.97 Å². The van der Waals surface area contributed by atoms with Crippen molar-refractivity contribution in [2.75, 3.05) is 11.5 Å². The molecule has 0 fully saturated rings. The average molecular weight is 388 g/mol. The molecule has 0 spiro atoms. The maximum absolute atomic E-state index is 12.0. The molecule has 0 bridgehead atoms. The van der Waals surface area contributed by atoms with Crippen LogP contribution in [0.1, 0.15) is 26.3 Å². The van der Waals surface area contributed by atoms with Crippen LogP contribution in [0.15, 0.2) is 84.9 Å². The summed E-state index contributed by atoms with van der Waals surface area (Å²) < 4.78 is 0. The highest BCUT2D eigenvalue weighted by Gasteiger charge is 2.18. The van der Waals surface area contributed by atoms with Gasteiger partial charge in [0.05, 0.1) is 0 Å². The van der Waals surface area contributed by atoms with E-state index < -0.39 is 17.5 Å². The highest BCUT2D eigenvalue weighted by Crippen LogP contribution is 2.16. The molecule has 0 unspecified atom stereocenters. The minimum absolute atomic E-state index is 0.210. The lowest BCUT2D eigenvalue weighted by atomic mass is 10.0. The molecule has 6 heteroatoms. The minimum atomic E-state index is -0.922. The van der Waals surface area contributed by atoms with Crippen LogP contribution in [-0.2, 0) is 4.79 Å². The molecule has 146 valence electrons. The maximum atomic E-state index is 12.0. The zero-order valence-electron chi connectivity index (χ0n) is 15.5. The number of carbonyl (C=O) groups excluding carboxylic acids is 2. The molecule has 0 aliphatic rings. The van der Waals surface area contributed by atoms with Crippen molar-refractivity contribution in [3.05, 3.63) is 102 Å². The van der Waals surface area contributed by atoms with Crippen LogP contribution in [0.2, 0.25) is 0 Å². The molecule has 0 radical (unpaired) electrons. The van der Waals surface area contributed by atoms with Gasteiger partial charge in [-0.25, -0.2) is 4.79 Å². The van der Waals surface area contributed by atoms with Crippen LogP contribution in [0, 0.1) is 0 Å². The number of nitrogen functional groups attached to an aromatic ring is 2. The molecule has 0 aliphatic heterocycles. The Kier molecular flexibility index (Phi) is 7.44. The third-order valence-electron chi connectivity index (χ3n) is 3.70. The van der Waals surface area contributed by atoms with Gasteiger partial charge in [-0.05, 0) is 29.8 Å². The fourth-order valence-electron chi connectivity index (χ4n) is 2.39. The molecule has 5 N–H and O–H groups in total. The Morgan fingerprint density at radius 3 is 1.69 bits per heavy atom. The first kappa shape index (κ1) is 21.1. The molecule has 0 aliphatic carbocycles. The van der Waals surface area contributed by atoms with Crippen molar-refractivity contribution >= 4 is 35.0 Å². The highest BCUT2D eigenvalue weighted by molar-refractivity contribution is 6.49. The molecule has 3 rings (SSSR count). The number of Topliss-reactive ketones (excluding diaryl/α,β-unsaturated/α-hetero) is 2. The van der Waals surface area contributed by atoms with E-state index in [0.29, 0.717) is 16.9 Å². The number of hydrogen-bond acceptors (Lipinski definition) is 5. The van der Waals surface area contributed by atoms with Crippen molar-refractivity contribution in [2.24, 2.45) is 0 Å². The molecule has 29 heavy (non-hydrogen) atoms. The Bertz CT molecular complexity index is 1010. The second-order valence-corrected chi connectivity index (χ2v) is 5.99. The van der Waals surface area contributed by atoms with E-state index in [4.69, 9.17) is 16.6 Å². The topological polar surface area (TPSA) is 123 Å².